The summed E-state index contributed by atoms with van der Waals surface area (Å²) in [6.07, 6.45) is 6.34. The molecule has 1 aromatic heterocycles. The molecule has 0 unspecified atom stereocenters. The van der Waals surface area contributed by atoms with Crippen molar-refractivity contribution in [3.8, 4) is 0 Å². The van der Waals surface area contributed by atoms with E-state index in [1.165, 1.54) is 35.9 Å². The largest absolute Gasteiger partial charge is 0.347 e. The van der Waals surface area contributed by atoms with Crippen LogP contribution in [0, 0.1) is 5.92 Å². The third kappa shape index (κ3) is 1.56. The van der Waals surface area contributed by atoms with Gasteiger partial charge in [-0.05, 0) is 36.8 Å². The lowest BCUT2D eigenvalue weighted by molar-refractivity contribution is 0.645. The van der Waals surface area contributed by atoms with E-state index in [4.69, 9.17) is 0 Å². The van der Waals surface area contributed by atoms with Gasteiger partial charge < -0.3 is 4.57 Å². The maximum atomic E-state index is 2.45. The van der Waals surface area contributed by atoms with Crippen molar-refractivity contribution in [2.24, 2.45) is 5.92 Å². The fraction of sp³-hybridized carbons (Fsp3) is 0.429. The fourth-order valence-electron chi connectivity index (χ4n) is 2.33. The summed E-state index contributed by atoms with van der Waals surface area (Å²) in [6, 6.07) is 8.78. The molecule has 1 fully saturated rings. The molecule has 0 amide bonds. The fourth-order valence-corrected chi connectivity index (χ4v) is 2.33. The lowest BCUT2D eigenvalue weighted by atomic mass is 10.1. The van der Waals surface area contributed by atoms with Gasteiger partial charge in [-0.2, -0.15) is 0 Å². The molecule has 0 atom stereocenters. The van der Waals surface area contributed by atoms with E-state index in [1.54, 1.807) is 0 Å². The second-order valence-electron chi connectivity index (χ2n) is 4.62. The average Bonchev–Trinajstić information content (AvgIpc) is 3.01. The van der Waals surface area contributed by atoms with Crippen LogP contribution in [0.3, 0.4) is 0 Å². The van der Waals surface area contributed by atoms with Crippen LogP contribution < -0.4 is 0 Å². The molecule has 0 bridgehead atoms. The van der Waals surface area contributed by atoms with Gasteiger partial charge in [0.05, 0.1) is 0 Å². The Balaban J connectivity index is 2.11. The lowest BCUT2D eigenvalue weighted by Gasteiger charge is -2.02. The van der Waals surface area contributed by atoms with Crippen molar-refractivity contribution in [2.45, 2.75) is 32.7 Å². The molecule has 0 saturated heterocycles. The number of aryl methyl sites for hydroxylation is 1. The van der Waals surface area contributed by atoms with Gasteiger partial charge in [0, 0.05) is 23.6 Å². The van der Waals surface area contributed by atoms with Gasteiger partial charge in [-0.3, -0.25) is 0 Å². The third-order valence-corrected chi connectivity index (χ3v) is 3.40. The van der Waals surface area contributed by atoms with E-state index in [0.717, 1.165) is 12.3 Å². The van der Waals surface area contributed by atoms with Crippen molar-refractivity contribution in [3.63, 3.8) is 0 Å². The van der Waals surface area contributed by atoms with Crippen molar-refractivity contribution in [3.05, 3.63) is 36.0 Å². The van der Waals surface area contributed by atoms with E-state index in [2.05, 4.69) is 42.0 Å². The predicted octanol–water partition coefficient (Wildman–Crippen LogP) is 3.61. The van der Waals surface area contributed by atoms with Gasteiger partial charge in [-0.1, -0.05) is 25.1 Å². The minimum Gasteiger partial charge on any atom is -0.347 e. The minimum atomic E-state index is 0.950. The summed E-state index contributed by atoms with van der Waals surface area (Å²) in [7, 11) is 0. The van der Waals surface area contributed by atoms with Crippen LogP contribution in [0.5, 0.6) is 0 Å². The summed E-state index contributed by atoms with van der Waals surface area (Å²) in [4.78, 5) is 0. The van der Waals surface area contributed by atoms with E-state index in [-0.39, 0.29) is 0 Å². The van der Waals surface area contributed by atoms with Crippen LogP contribution in [0.2, 0.25) is 0 Å². The quantitative estimate of drug-likeness (QED) is 0.711. The summed E-state index contributed by atoms with van der Waals surface area (Å²) >= 11 is 0. The Kier molecular flexibility index (Phi) is 2.05. The molecule has 0 radical (unpaired) electrons. The highest BCUT2D eigenvalue weighted by Gasteiger charge is 2.22. The molecule has 1 aliphatic rings. The van der Waals surface area contributed by atoms with Gasteiger partial charge in [0.15, 0.2) is 0 Å². The Morgan fingerprint density at radius 2 is 2.07 bits per heavy atom. The highest BCUT2D eigenvalue weighted by atomic mass is 15.0. The van der Waals surface area contributed by atoms with Gasteiger partial charge in [0.1, 0.15) is 0 Å². The van der Waals surface area contributed by atoms with Crippen LogP contribution in [0.15, 0.2) is 30.5 Å². The molecular weight excluding hydrogens is 182 g/mol. The van der Waals surface area contributed by atoms with E-state index in [1.807, 2.05) is 0 Å². The zero-order valence-corrected chi connectivity index (χ0v) is 9.24. The number of nitrogens with zero attached hydrogens (tertiary/aromatic N) is 1. The number of hydrogen-bond donors (Lipinski definition) is 0. The zero-order valence-electron chi connectivity index (χ0n) is 9.24. The molecule has 1 heterocycles. The number of rotatable bonds is 3. The first-order chi connectivity index (χ1) is 7.38. The normalized spacial score (nSPS) is 16.1. The van der Waals surface area contributed by atoms with E-state index in [9.17, 15) is 0 Å². The highest BCUT2D eigenvalue weighted by molar-refractivity contribution is 5.83. The second kappa shape index (κ2) is 3.41. The molecule has 2 aromatic rings. The summed E-state index contributed by atoms with van der Waals surface area (Å²) in [6.45, 7) is 3.46. The van der Waals surface area contributed by atoms with Crippen molar-refractivity contribution in [1.29, 1.82) is 0 Å². The molecule has 0 N–H and O–H groups in total. The molecule has 1 aromatic carbocycles. The van der Waals surface area contributed by atoms with Crippen LogP contribution in [0.1, 0.15) is 25.3 Å². The third-order valence-electron chi connectivity index (χ3n) is 3.40. The van der Waals surface area contributed by atoms with Crippen LogP contribution >= 0.6 is 0 Å². The van der Waals surface area contributed by atoms with Crippen LogP contribution in [0.4, 0.5) is 0 Å². The lowest BCUT2D eigenvalue weighted by Crippen LogP contribution is -1.96. The molecule has 15 heavy (non-hydrogen) atoms. The van der Waals surface area contributed by atoms with Gasteiger partial charge in [-0.25, -0.2) is 0 Å². The Morgan fingerprint density at radius 3 is 2.80 bits per heavy atom. The molecule has 78 valence electrons. The average molecular weight is 199 g/mol. The van der Waals surface area contributed by atoms with Crippen molar-refractivity contribution < 1.29 is 0 Å². The zero-order chi connectivity index (χ0) is 10.3. The maximum Gasteiger partial charge on any atom is 0.0483 e. The number of benzene rings is 1. The molecule has 1 nitrogen and oxygen atoms in total. The van der Waals surface area contributed by atoms with Crippen molar-refractivity contribution >= 4 is 10.9 Å². The first kappa shape index (κ1) is 9.02. The van der Waals surface area contributed by atoms with Crippen molar-refractivity contribution in [2.75, 3.05) is 0 Å². The van der Waals surface area contributed by atoms with Crippen molar-refractivity contribution in [1.82, 2.24) is 4.57 Å². The number of fused-ring (bicyclic) bond motifs is 1. The van der Waals surface area contributed by atoms with Gasteiger partial charge in [0.2, 0.25) is 0 Å². The number of hydrogen-bond acceptors (Lipinski definition) is 0. The van der Waals surface area contributed by atoms with E-state index >= 15 is 0 Å². The smallest absolute Gasteiger partial charge is 0.0483 e. The van der Waals surface area contributed by atoms with Crippen LogP contribution in [-0.2, 0) is 13.0 Å². The molecule has 1 heteroatoms. The molecule has 0 aliphatic heterocycles. The van der Waals surface area contributed by atoms with Crippen LogP contribution in [0.25, 0.3) is 10.9 Å². The van der Waals surface area contributed by atoms with E-state index in [0.29, 0.717) is 0 Å². The molecule has 1 saturated carbocycles. The standard InChI is InChI=1S/C14H17N/c1-2-12-10-15(9-11-7-8-11)14-6-4-3-5-13(12)14/h3-6,10-11H,2,7-9H2,1H3. The topological polar surface area (TPSA) is 4.93 Å². The van der Waals surface area contributed by atoms with Gasteiger partial charge in [0.25, 0.3) is 0 Å². The second-order valence-corrected chi connectivity index (χ2v) is 4.62. The molecule has 0 spiro atoms. The van der Waals surface area contributed by atoms with Gasteiger partial charge >= 0.3 is 0 Å². The number of aromatic nitrogens is 1. The predicted molar refractivity (Wildman–Crippen MR) is 64.0 cm³/mol. The Hall–Kier alpha value is -1.24. The first-order valence-corrected chi connectivity index (χ1v) is 5.95. The molecule has 1 aliphatic carbocycles. The van der Waals surface area contributed by atoms with E-state index < -0.39 is 0 Å². The summed E-state index contributed by atoms with van der Waals surface area (Å²) in [5.74, 6) is 0.950. The summed E-state index contributed by atoms with van der Waals surface area (Å²) < 4.78 is 2.45. The maximum absolute atomic E-state index is 2.45. The molecule has 3 rings (SSSR count). The summed E-state index contributed by atoms with van der Waals surface area (Å²) in [5, 5.41) is 1.45. The Bertz CT molecular complexity index is 477. The SMILES string of the molecule is CCc1cn(CC2CC2)c2ccccc12. The molecular formula is C14H17N. The van der Waals surface area contributed by atoms with Gasteiger partial charge in [-0.15, -0.1) is 0 Å². The van der Waals surface area contributed by atoms with Crippen LogP contribution in [-0.4, -0.2) is 4.57 Å². The first-order valence-electron chi connectivity index (χ1n) is 5.95. The number of para-hydroxylation sites is 1. The minimum absolute atomic E-state index is 0.950. The Labute approximate surface area is 90.7 Å². The Morgan fingerprint density at radius 1 is 1.27 bits per heavy atom. The highest BCUT2D eigenvalue weighted by Crippen LogP contribution is 2.32. The summed E-state index contributed by atoms with van der Waals surface area (Å²) in [5.41, 5.74) is 2.91. The monoisotopic (exact) mass is 199 g/mol.